The molecule has 0 spiro atoms. The highest BCUT2D eigenvalue weighted by atomic mass is 32.1. The van der Waals surface area contributed by atoms with Crippen LogP contribution in [0.1, 0.15) is 28.3 Å². The van der Waals surface area contributed by atoms with Crippen LogP contribution < -0.4 is 15.2 Å². The van der Waals surface area contributed by atoms with E-state index < -0.39 is 0 Å². The van der Waals surface area contributed by atoms with Crippen molar-refractivity contribution in [3.8, 4) is 11.5 Å². The summed E-state index contributed by atoms with van der Waals surface area (Å²) in [5.74, 6) is 1.53. The van der Waals surface area contributed by atoms with Crippen LogP contribution in [0.15, 0.2) is 30.3 Å². The number of methoxy groups -OCH3 is 2. The van der Waals surface area contributed by atoms with Crippen molar-refractivity contribution in [2.75, 3.05) is 14.2 Å². The molecule has 2 aromatic rings. The van der Waals surface area contributed by atoms with Crippen LogP contribution in [0.5, 0.6) is 11.5 Å². The maximum absolute atomic E-state index is 6.34. The van der Waals surface area contributed by atoms with Gasteiger partial charge >= 0.3 is 0 Å². The van der Waals surface area contributed by atoms with Gasteiger partial charge in [-0.25, -0.2) is 0 Å². The molecule has 3 nitrogen and oxygen atoms in total. The number of benzene rings is 1. The maximum atomic E-state index is 6.34. The summed E-state index contributed by atoms with van der Waals surface area (Å²) in [7, 11) is 3.29. The van der Waals surface area contributed by atoms with E-state index in [-0.39, 0.29) is 6.04 Å². The van der Waals surface area contributed by atoms with Crippen molar-refractivity contribution in [3.63, 3.8) is 0 Å². The molecule has 19 heavy (non-hydrogen) atoms. The molecule has 1 heterocycles. The van der Waals surface area contributed by atoms with Crippen molar-refractivity contribution in [1.82, 2.24) is 0 Å². The zero-order valence-electron chi connectivity index (χ0n) is 11.5. The molecule has 0 aliphatic rings. The number of thiophene rings is 1. The second-order valence-electron chi connectivity index (χ2n) is 4.24. The number of hydrogen-bond acceptors (Lipinski definition) is 4. The van der Waals surface area contributed by atoms with E-state index in [1.54, 1.807) is 25.6 Å². The standard InChI is InChI=1S/C15H19NO2S/c1-4-11-6-8-14(19-11)15(16)12-7-5-10(17-2)9-13(12)18-3/h5-9,15H,4,16H2,1-3H3. The zero-order chi connectivity index (χ0) is 13.8. The molecular weight excluding hydrogens is 258 g/mol. The average Bonchev–Trinajstić information content (AvgIpc) is 2.94. The third-order valence-corrected chi connectivity index (χ3v) is 4.43. The fourth-order valence-corrected chi connectivity index (χ4v) is 2.95. The Kier molecular flexibility index (Phi) is 4.45. The first-order valence-electron chi connectivity index (χ1n) is 6.25. The van der Waals surface area contributed by atoms with Gasteiger partial charge < -0.3 is 15.2 Å². The van der Waals surface area contributed by atoms with Crippen LogP contribution in [0, 0.1) is 0 Å². The Morgan fingerprint density at radius 2 is 1.95 bits per heavy atom. The molecule has 0 aliphatic carbocycles. The van der Waals surface area contributed by atoms with E-state index >= 15 is 0 Å². The van der Waals surface area contributed by atoms with Crippen LogP contribution in [0.2, 0.25) is 0 Å². The molecule has 0 aliphatic heterocycles. The first kappa shape index (κ1) is 13.9. The van der Waals surface area contributed by atoms with Crippen molar-refractivity contribution in [2.45, 2.75) is 19.4 Å². The van der Waals surface area contributed by atoms with Gasteiger partial charge in [-0.2, -0.15) is 0 Å². The lowest BCUT2D eigenvalue weighted by Gasteiger charge is -2.15. The van der Waals surface area contributed by atoms with Gasteiger partial charge in [0.05, 0.1) is 20.3 Å². The molecule has 1 unspecified atom stereocenters. The van der Waals surface area contributed by atoms with Crippen LogP contribution in [-0.4, -0.2) is 14.2 Å². The Labute approximate surface area is 118 Å². The summed E-state index contributed by atoms with van der Waals surface area (Å²) in [6, 6.07) is 9.81. The van der Waals surface area contributed by atoms with E-state index in [4.69, 9.17) is 15.2 Å². The summed E-state index contributed by atoms with van der Waals surface area (Å²) >= 11 is 1.75. The van der Waals surface area contributed by atoms with E-state index in [0.717, 1.165) is 28.4 Å². The van der Waals surface area contributed by atoms with Gasteiger partial charge in [0.2, 0.25) is 0 Å². The monoisotopic (exact) mass is 277 g/mol. The predicted molar refractivity (Wildman–Crippen MR) is 79.3 cm³/mol. The van der Waals surface area contributed by atoms with E-state index in [2.05, 4.69) is 19.1 Å². The van der Waals surface area contributed by atoms with E-state index in [9.17, 15) is 0 Å². The fraction of sp³-hybridized carbons (Fsp3) is 0.333. The average molecular weight is 277 g/mol. The minimum Gasteiger partial charge on any atom is -0.497 e. The normalized spacial score (nSPS) is 12.2. The first-order chi connectivity index (χ1) is 9.19. The van der Waals surface area contributed by atoms with Crippen LogP contribution in [0.25, 0.3) is 0 Å². The van der Waals surface area contributed by atoms with Crippen molar-refractivity contribution in [2.24, 2.45) is 5.73 Å². The highest BCUT2D eigenvalue weighted by molar-refractivity contribution is 7.12. The molecule has 0 bridgehead atoms. The second-order valence-corrected chi connectivity index (χ2v) is 5.44. The SMILES string of the molecule is CCc1ccc(C(N)c2ccc(OC)cc2OC)s1. The summed E-state index contributed by atoms with van der Waals surface area (Å²) in [4.78, 5) is 2.50. The molecule has 0 saturated carbocycles. The van der Waals surface area contributed by atoms with Crippen LogP contribution >= 0.6 is 11.3 Å². The number of ether oxygens (including phenoxy) is 2. The first-order valence-corrected chi connectivity index (χ1v) is 7.07. The van der Waals surface area contributed by atoms with Gasteiger partial charge in [0.25, 0.3) is 0 Å². The van der Waals surface area contributed by atoms with Crippen LogP contribution in [-0.2, 0) is 6.42 Å². The van der Waals surface area contributed by atoms with Gasteiger partial charge in [0.1, 0.15) is 11.5 Å². The van der Waals surface area contributed by atoms with E-state index in [1.807, 2.05) is 18.2 Å². The smallest absolute Gasteiger partial charge is 0.127 e. The van der Waals surface area contributed by atoms with E-state index in [0.29, 0.717) is 0 Å². The number of rotatable bonds is 5. The number of hydrogen-bond donors (Lipinski definition) is 1. The Hall–Kier alpha value is -1.52. The molecule has 0 radical (unpaired) electrons. The predicted octanol–water partition coefficient (Wildman–Crippen LogP) is 3.38. The lowest BCUT2D eigenvalue weighted by molar-refractivity contribution is 0.390. The summed E-state index contributed by atoms with van der Waals surface area (Å²) in [6.45, 7) is 2.15. The maximum Gasteiger partial charge on any atom is 0.127 e. The highest BCUT2D eigenvalue weighted by Crippen LogP contribution is 2.34. The Morgan fingerprint density at radius 1 is 1.16 bits per heavy atom. The molecule has 1 aromatic carbocycles. The van der Waals surface area contributed by atoms with E-state index in [1.165, 1.54) is 4.88 Å². The van der Waals surface area contributed by atoms with Crippen LogP contribution in [0.3, 0.4) is 0 Å². The Balaban J connectivity index is 2.34. The Bertz CT molecular complexity index is 551. The third kappa shape index (κ3) is 2.91. The molecule has 1 aromatic heterocycles. The number of nitrogens with two attached hydrogens (primary N) is 1. The minimum atomic E-state index is -0.161. The highest BCUT2D eigenvalue weighted by Gasteiger charge is 2.16. The molecule has 0 amide bonds. The van der Waals surface area contributed by atoms with Gasteiger partial charge in [-0.3, -0.25) is 0 Å². The molecule has 2 N–H and O–H groups in total. The lowest BCUT2D eigenvalue weighted by Crippen LogP contribution is -2.11. The minimum absolute atomic E-state index is 0.161. The topological polar surface area (TPSA) is 44.5 Å². The molecule has 0 fully saturated rings. The summed E-state index contributed by atoms with van der Waals surface area (Å²) in [5.41, 5.74) is 7.32. The van der Waals surface area contributed by atoms with Crippen molar-refractivity contribution in [3.05, 3.63) is 45.6 Å². The molecule has 102 valence electrons. The summed E-state index contributed by atoms with van der Waals surface area (Å²) < 4.78 is 10.6. The van der Waals surface area contributed by atoms with Gasteiger partial charge in [-0.15, -0.1) is 11.3 Å². The molecule has 1 atom stereocenters. The van der Waals surface area contributed by atoms with Gasteiger partial charge in [-0.1, -0.05) is 6.92 Å². The molecular formula is C15H19NO2S. The van der Waals surface area contributed by atoms with Crippen molar-refractivity contribution < 1.29 is 9.47 Å². The van der Waals surface area contributed by atoms with Crippen molar-refractivity contribution >= 4 is 11.3 Å². The second kappa shape index (κ2) is 6.08. The third-order valence-electron chi connectivity index (χ3n) is 3.11. The summed E-state index contributed by atoms with van der Waals surface area (Å²) in [6.07, 6.45) is 1.04. The summed E-state index contributed by atoms with van der Waals surface area (Å²) in [5, 5.41) is 0. The van der Waals surface area contributed by atoms with Gasteiger partial charge in [0, 0.05) is 21.4 Å². The largest absolute Gasteiger partial charge is 0.497 e. The lowest BCUT2D eigenvalue weighted by atomic mass is 10.0. The van der Waals surface area contributed by atoms with Crippen LogP contribution in [0.4, 0.5) is 0 Å². The van der Waals surface area contributed by atoms with Crippen molar-refractivity contribution in [1.29, 1.82) is 0 Å². The van der Waals surface area contributed by atoms with Gasteiger partial charge in [-0.05, 0) is 30.7 Å². The fourth-order valence-electron chi connectivity index (χ4n) is 1.98. The Morgan fingerprint density at radius 3 is 2.53 bits per heavy atom. The number of aryl methyl sites for hydroxylation is 1. The quantitative estimate of drug-likeness (QED) is 0.911. The van der Waals surface area contributed by atoms with Gasteiger partial charge in [0.15, 0.2) is 0 Å². The molecule has 0 saturated heterocycles. The molecule has 2 rings (SSSR count). The molecule has 4 heteroatoms. The zero-order valence-corrected chi connectivity index (χ0v) is 12.3.